The van der Waals surface area contributed by atoms with Gasteiger partial charge in [0.15, 0.2) is 0 Å². The van der Waals surface area contributed by atoms with Gasteiger partial charge in [-0.15, -0.1) is 0 Å². The van der Waals surface area contributed by atoms with Gasteiger partial charge in [-0.1, -0.05) is 60.7 Å². The van der Waals surface area contributed by atoms with Gasteiger partial charge in [-0.25, -0.2) is 4.79 Å². The van der Waals surface area contributed by atoms with E-state index in [1.807, 2.05) is 60.7 Å². The first kappa shape index (κ1) is 26.3. The summed E-state index contributed by atoms with van der Waals surface area (Å²) in [7, 11) is 0. The molecule has 0 aliphatic carbocycles. The van der Waals surface area contributed by atoms with Gasteiger partial charge in [-0.05, 0) is 42.2 Å². The Labute approximate surface area is 228 Å². The summed E-state index contributed by atoms with van der Waals surface area (Å²) in [5, 5.41) is 25.0. The molecule has 2 heterocycles. The van der Waals surface area contributed by atoms with Gasteiger partial charge in [0.05, 0.1) is 5.56 Å². The van der Waals surface area contributed by atoms with Crippen LogP contribution in [0, 0.1) is 5.41 Å². The monoisotopic (exact) mass is 534 g/mol. The number of aromatic amines is 1. The molecule has 0 unspecified atom stereocenters. The largest absolute Gasteiger partial charge is 0.478 e. The van der Waals surface area contributed by atoms with Gasteiger partial charge < -0.3 is 15.7 Å². The average Bonchev–Trinajstić information content (AvgIpc) is 3.16. The van der Waals surface area contributed by atoms with E-state index in [2.05, 4.69) is 15.6 Å². The van der Waals surface area contributed by atoms with Crippen LogP contribution in [0.15, 0.2) is 88.5 Å². The number of amidine groups is 1. The molecule has 2 bridgehead atoms. The smallest absolute Gasteiger partial charge is 0.336 e. The molecule has 9 heteroatoms. The summed E-state index contributed by atoms with van der Waals surface area (Å²) in [6.07, 6.45) is 1.12. The molecular formula is C31H26N4O5. The van der Waals surface area contributed by atoms with Gasteiger partial charge in [-0.3, -0.25) is 24.8 Å². The van der Waals surface area contributed by atoms with Crippen LogP contribution in [0.3, 0.4) is 0 Å². The molecule has 0 aliphatic rings. The van der Waals surface area contributed by atoms with Crippen molar-refractivity contribution in [3.8, 4) is 0 Å². The first-order valence-electron chi connectivity index (χ1n) is 12.8. The highest BCUT2D eigenvalue weighted by Crippen LogP contribution is 2.32. The summed E-state index contributed by atoms with van der Waals surface area (Å²) in [6.45, 7) is 0.594. The van der Waals surface area contributed by atoms with Crippen LogP contribution in [0.4, 0.5) is 0 Å². The minimum atomic E-state index is -1.37. The number of carboxylic acids is 1. The van der Waals surface area contributed by atoms with E-state index in [0.29, 0.717) is 19.4 Å². The molecule has 2 aromatic heterocycles. The summed E-state index contributed by atoms with van der Waals surface area (Å²) in [6, 6.07) is 23.2. The lowest BCUT2D eigenvalue weighted by molar-refractivity contribution is 0.0696. The fourth-order valence-corrected chi connectivity index (χ4v) is 4.91. The predicted octanol–water partition coefficient (Wildman–Crippen LogP) is 3.31. The van der Waals surface area contributed by atoms with Crippen LogP contribution < -0.4 is 21.8 Å². The highest BCUT2D eigenvalue weighted by Gasteiger charge is 2.26. The number of nitrogens with one attached hydrogen (secondary N) is 4. The summed E-state index contributed by atoms with van der Waals surface area (Å²) >= 11 is 0. The molecule has 9 nitrogen and oxygen atoms in total. The molecule has 0 atom stereocenters. The maximum Gasteiger partial charge on any atom is 0.336 e. The summed E-state index contributed by atoms with van der Waals surface area (Å²) in [4.78, 5) is 54.0. The SMILES string of the molecule is N=C(NCCc1ccccc1)c1c(C(=O)O)cc(C(=O)NCCc2ccccc2)c2c3ccc(c(=O)[nH]c3=O)c12. The quantitative estimate of drug-likeness (QED) is 0.145. The average molecular weight is 535 g/mol. The topological polar surface area (TPSA) is 152 Å². The number of benzene rings is 4. The standard InChI is InChI=1S/C31H26N4O5/c32-27(33-15-13-18-7-3-1-4-8-18)26-23(31(39)40)17-22(28(36)34-16-14-19-9-5-2-6-10-19)24-20-11-12-21(25(24)26)30(38)35-29(20)37/h1-12,17H,13-16H2,(H2,32,33)(H,34,36)(H,39,40)(H,35,37,38). The minimum absolute atomic E-state index is 0.00986. The molecule has 0 saturated heterocycles. The second-order valence-electron chi connectivity index (χ2n) is 9.37. The molecule has 200 valence electrons. The number of carboxylic acid groups (broad SMARTS) is 1. The lowest BCUT2D eigenvalue weighted by Crippen LogP contribution is -2.30. The van der Waals surface area contributed by atoms with Crippen LogP contribution in [0.25, 0.3) is 21.5 Å². The van der Waals surface area contributed by atoms with Crippen molar-refractivity contribution in [1.82, 2.24) is 15.6 Å². The molecule has 5 N–H and O–H groups in total. The Bertz CT molecular complexity index is 1850. The number of amides is 1. The van der Waals surface area contributed by atoms with Crippen LogP contribution in [-0.4, -0.2) is 40.9 Å². The van der Waals surface area contributed by atoms with E-state index >= 15 is 0 Å². The van der Waals surface area contributed by atoms with Crippen LogP contribution in [0.2, 0.25) is 0 Å². The van der Waals surface area contributed by atoms with Crippen molar-refractivity contribution in [2.45, 2.75) is 12.8 Å². The second kappa shape index (κ2) is 11.2. The van der Waals surface area contributed by atoms with E-state index < -0.39 is 23.0 Å². The highest BCUT2D eigenvalue weighted by atomic mass is 16.4. The van der Waals surface area contributed by atoms with Gasteiger partial charge in [-0.2, -0.15) is 0 Å². The van der Waals surface area contributed by atoms with Crippen molar-refractivity contribution >= 4 is 39.3 Å². The lowest BCUT2D eigenvalue weighted by Gasteiger charge is -2.17. The number of aromatic nitrogens is 1. The summed E-state index contributed by atoms with van der Waals surface area (Å²) in [5.41, 5.74) is 0.173. The molecule has 0 aliphatic heterocycles. The third-order valence-electron chi connectivity index (χ3n) is 6.82. The zero-order chi connectivity index (χ0) is 28.2. The lowest BCUT2D eigenvalue weighted by atomic mass is 9.90. The van der Waals surface area contributed by atoms with Gasteiger partial charge in [0.1, 0.15) is 5.84 Å². The third kappa shape index (κ3) is 5.17. The Morgan fingerprint density at radius 2 is 1.25 bits per heavy atom. The Kier molecular flexibility index (Phi) is 7.37. The van der Waals surface area contributed by atoms with Crippen molar-refractivity contribution in [1.29, 1.82) is 5.41 Å². The number of H-pyrrole nitrogens is 1. The number of hydrogen-bond donors (Lipinski definition) is 5. The van der Waals surface area contributed by atoms with E-state index in [4.69, 9.17) is 5.41 Å². The summed E-state index contributed by atoms with van der Waals surface area (Å²) < 4.78 is 0. The molecular weight excluding hydrogens is 508 g/mol. The van der Waals surface area contributed by atoms with Gasteiger partial charge in [0, 0.05) is 45.8 Å². The number of aromatic carboxylic acids is 1. The van der Waals surface area contributed by atoms with Crippen LogP contribution >= 0.6 is 0 Å². The first-order valence-corrected chi connectivity index (χ1v) is 12.8. The van der Waals surface area contributed by atoms with Gasteiger partial charge in [0.2, 0.25) is 0 Å². The van der Waals surface area contributed by atoms with Crippen molar-refractivity contribution in [2.24, 2.45) is 0 Å². The molecule has 0 fully saturated rings. The normalized spacial score (nSPS) is 11.0. The number of hydrogen-bond acceptors (Lipinski definition) is 5. The van der Waals surface area contributed by atoms with Crippen molar-refractivity contribution in [3.05, 3.63) is 127 Å². The molecule has 0 saturated carbocycles. The zero-order valence-electron chi connectivity index (χ0n) is 21.4. The molecule has 6 aromatic rings. The molecule has 4 aromatic carbocycles. The number of carbonyl (C=O) groups excluding carboxylic acids is 1. The Hall–Kier alpha value is -5.31. The van der Waals surface area contributed by atoms with Gasteiger partial charge in [0.25, 0.3) is 17.0 Å². The van der Waals surface area contributed by atoms with E-state index in [0.717, 1.165) is 11.1 Å². The molecule has 6 rings (SSSR count). The van der Waals surface area contributed by atoms with Crippen LogP contribution in [0.5, 0.6) is 0 Å². The summed E-state index contributed by atoms with van der Waals surface area (Å²) in [5.74, 6) is -2.18. The maximum atomic E-state index is 13.4. The van der Waals surface area contributed by atoms with Crippen molar-refractivity contribution in [3.63, 3.8) is 0 Å². The third-order valence-corrected chi connectivity index (χ3v) is 6.82. The molecule has 0 spiro atoms. The zero-order valence-corrected chi connectivity index (χ0v) is 21.4. The number of carbonyl (C=O) groups is 2. The predicted molar refractivity (Wildman–Crippen MR) is 154 cm³/mol. The van der Waals surface area contributed by atoms with E-state index in [1.54, 1.807) is 0 Å². The van der Waals surface area contributed by atoms with Crippen molar-refractivity contribution < 1.29 is 14.7 Å². The molecule has 1 amide bonds. The van der Waals surface area contributed by atoms with E-state index in [-0.39, 0.29) is 50.6 Å². The van der Waals surface area contributed by atoms with Crippen LogP contribution in [0.1, 0.15) is 37.4 Å². The van der Waals surface area contributed by atoms with E-state index in [9.17, 15) is 24.3 Å². The van der Waals surface area contributed by atoms with E-state index in [1.165, 1.54) is 18.2 Å². The van der Waals surface area contributed by atoms with Crippen molar-refractivity contribution in [2.75, 3.05) is 13.1 Å². The number of rotatable bonds is 9. The second-order valence-corrected chi connectivity index (χ2v) is 9.37. The van der Waals surface area contributed by atoms with Crippen LogP contribution in [-0.2, 0) is 12.8 Å². The molecule has 0 radical (unpaired) electrons. The number of fused-ring (bicyclic) bond motifs is 3. The first-order chi connectivity index (χ1) is 19.3. The Balaban J connectivity index is 1.60. The highest BCUT2D eigenvalue weighted by molar-refractivity contribution is 6.27. The van der Waals surface area contributed by atoms with Gasteiger partial charge >= 0.3 is 5.97 Å². The Morgan fingerprint density at radius 1 is 0.725 bits per heavy atom. The fourth-order valence-electron chi connectivity index (χ4n) is 4.91. The Morgan fingerprint density at radius 3 is 1.80 bits per heavy atom. The maximum absolute atomic E-state index is 13.4. The molecule has 40 heavy (non-hydrogen) atoms. The fraction of sp³-hybridized carbons (Fsp3) is 0.129. The minimum Gasteiger partial charge on any atom is -0.478 e.